The molecule has 2 aliphatic heterocycles. The number of amides is 2. The predicted molar refractivity (Wildman–Crippen MR) is 124 cm³/mol. The van der Waals surface area contributed by atoms with Gasteiger partial charge in [-0.25, -0.2) is 9.97 Å². The maximum atomic E-state index is 12.1. The molecule has 0 aliphatic carbocycles. The molecular formula is C24H32N6O2. The number of benzene rings is 1. The summed E-state index contributed by atoms with van der Waals surface area (Å²) < 4.78 is 0. The zero-order chi connectivity index (χ0) is 22.5. The Labute approximate surface area is 189 Å². The Morgan fingerprint density at radius 1 is 1.12 bits per heavy atom. The number of carbonyl (C=O) groups excluding carboxylic acids is 2. The van der Waals surface area contributed by atoms with Crippen molar-refractivity contribution in [1.29, 1.82) is 0 Å². The van der Waals surface area contributed by atoms with Crippen LogP contribution < -0.4 is 20.9 Å². The summed E-state index contributed by atoms with van der Waals surface area (Å²) in [5, 5.41) is 8.91. The van der Waals surface area contributed by atoms with E-state index in [1.807, 2.05) is 36.7 Å². The first-order chi connectivity index (χ1) is 15.5. The van der Waals surface area contributed by atoms with Crippen molar-refractivity contribution in [3.8, 4) is 0 Å². The highest BCUT2D eigenvalue weighted by Gasteiger charge is 2.27. The zero-order valence-electron chi connectivity index (χ0n) is 18.8. The van der Waals surface area contributed by atoms with Gasteiger partial charge in [0, 0.05) is 38.3 Å². The third-order valence-electron chi connectivity index (χ3n) is 6.46. The van der Waals surface area contributed by atoms with Gasteiger partial charge >= 0.3 is 0 Å². The number of nitrogens with zero attached hydrogens (tertiary/aromatic N) is 3. The van der Waals surface area contributed by atoms with Gasteiger partial charge in [-0.1, -0.05) is 26.0 Å². The predicted octanol–water partition coefficient (Wildman–Crippen LogP) is 2.84. The van der Waals surface area contributed by atoms with E-state index in [1.165, 1.54) is 12.8 Å². The maximum Gasteiger partial charge on any atom is 0.225 e. The third-order valence-corrected chi connectivity index (χ3v) is 6.46. The summed E-state index contributed by atoms with van der Waals surface area (Å²) in [6, 6.07) is 7.86. The Bertz CT molecular complexity index is 921. The monoisotopic (exact) mass is 436 g/mol. The molecule has 2 fully saturated rings. The van der Waals surface area contributed by atoms with Gasteiger partial charge in [-0.3, -0.25) is 9.59 Å². The Kier molecular flexibility index (Phi) is 6.87. The smallest absolute Gasteiger partial charge is 0.225 e. The van der Waals surface area contributed by atoms with Crippen LogP contribution in [0.4, 0.5) is 17.3 Å². The van der Waals surface area contributed by atoms with Gasteiger partial charge in [0.15, 0.2) is 0 Å². The minimum Gasteiger partial charge on any atom is -0.355 e. The fourth-order valence-corrected chi connectivity index (χ4v) is 4.31. The number of hydrogen-bond acceptors (Lipinski definition) is 6. The number of rotatable bonds is 7. The lowest BCUT2D eigenvalue weighted by Gasteiger charge is -2.33. The molecule has 1 aromatic carbocycles. The Morgan fingerprint density at radius 3 is 2.41 bits per heavy atom. The molecule has 1 atom stereocenters. The molecule has 170 valence electrons. The van der Waals surface area contributed by atoms with Gasteiger partial charge in [-0.15, -0.1) is 0 Å². The van der Waals surface area contributed by atoms with E-state index in [2.05, 4.69) is 44.7 Å². The fraction of sp³-hybridized carbons (Fsp3) is 0.500. The Hall–Kier alpha value is -3.16. The number of aromatic nitrogens is 2. The number of carbonyl (C=O) groups is 2. The van der Waals surface area contributed by atoms with Crippen molar-refractivity contribution < 1.29 is 9.59 Å². The van der Waals surface area contributed by atoms with E-state index in [0.717, 1.165) is 47.8 Å². The van der Waals surface area contributed by atoms with Crippen LogP contribution in [-0.4, -0.2) is 41.4 Å². The average molecular weight is 437 g/mol. The molecule has 8 nitrogen and oxygen atoms in total. The average Bonchev–Trinajstić information content (AvgIpc) is 3.25. The lowest BCUT2D eigenvalue weighted by molar-refractivity contribution is -0.126. The van der Waals surface area contributed by atoms with Crippen molar-refractivity contribution in [2.75, 3.05) is 29.9 Å². The van der Waals surface area contributed by atoms with Gasteiger partial charge in [0.2, 0.25) is 17.8 Å². The second kappa shape index (κ2) is 9.97. The molecule has 0 bridgehead atoms. The molecule has 1 aromatic heterocycles. The van der Waals surface area contributed by atoms with Crippen molar-refractivity contribution >= 4 is 29.1 Å². The largest absolute Gasteiger partial charge is 0.355 e. The molecular weight excluding hydrogens is 404 g/mol. The molecule has 1 unspecified atom stereocenters. The summed E-state index contributed by atoms with van der Waals surface area (Å²) >= 11 is 0. The summed E-state index contributed by atoms with van der Waals surface area (Å²) in [5.74, 6) is 1.91. The number of piperidine rings is 1. The van der Waals surface area contributed by atoms with Gasteiger partial charge in [-0.05, 0) is 42.4 Å². The van der Waals surface area contributed by atoms with Crippen molar-refractivity contribution in [1.82, 2.24) is 20.6 Å². The highest BCUT2D eigenvalue weighted by molar-refractivity contribution is 5.89. The van der Waals surface area contributed by atoms with E-state index in [4.69, 9.17) is 0 Å². The fourth-order valence-electron chi connectivity index (χ4n) is 4.31. The topological polar surface area (TPSA) is 99.3 Å². The van der Waals surface area contributed by atoms with Crippen LogP contribution in [0.25, 0.3) is 0 Å². The summed E-state index contributed by atoms with van der Waals surface area (Å²) in [6.07, 6.45) is 6.31. The Morgan fingerprint density at radius 2 is 1.81 bits per heavy atom. The standard InChI is InChI=1S/C24H32N6O2/c1-16(2)18-7-9-30(10-8-18)24-27-14-21(15-28-24)29-20-5-3-17(4-6-20)12-26-23(32)19-11-22(31)25-13-19/h3-6,14-16,18-19,29H,7-13H2,1-2H3,(H,25,31)(H,26,32). The van der Waals surface area contributed by atoms with Gasteiger partial charge in [0.05, 0.1) is 24.0 Å². The van der Waals surface area contributed by atoms with E-state index in [1.54, 1.807) is 0 Å². The second-order valence-electron chi connectivity index (χ2n) is 9.09. The summed E-state index contributed by atoms with van der Waals surface area (Å²) in [5.41, 5.74) is 2.77. The molecule has 2 amide bonds. The van der Waals surface area contributed by atoms with Crippen LogP contribution in [0.15, 0.2) is 36.7 Å². The molecule has 0 spiro atoms. The lowest BCUT2D eigenvalue weighted by Crippen LogP contribution is -2.36. The molecule has 2 saturated heterocycles. The SMILES string of the molecule is CC(C)C1CCN(c2ncc(Nc3ccc(CNC(=O)C4CNC(=O)C4)cc3)cn2)CC1. The molecule has 3 heterocycles. The lowest BCUT2D eigenvalue weighted by atomic mass is 9.87. The molecule has 2 aromatic rings. The third kappa shape index (κ3) is 5.55. The van der Waals surface area contributed by atoms with Crippen LogP contribution in [0.5, 0.6) is 0 Å². The quantitative estimate of drug-likeness (QED) is 0.617. The van der Waals surface area contributed by atoms with Crippen LogP contribution in [0.1, 0.15) is 38.7 Å². The first kappa shape index (κ1) is 22.0. The molecule has 0 saturated carbocycles. The van der Waals surface area contributed by atoms with Gasteiger partial charge in [0.25, 0.3) is 0 Å². The molecule has 0 radical (unpaired) electrons. The zero-order valence-corrected chi connectivity index (χ0v) is 18.8. The van der Waals surface area contributed by atoms with Gasteiger partial charge < -0.3 is 20.9 Å². The van der Waals surface area contributed by atoms with Crippen LogP contribution in [-0.2, 0) is 16.1 Å². The molecule has 3 N–H and O–H groups in total. The molecule has 2 aliphatic rings. The number of anilines is 3. The summed E-state index contributed by atoms with van der Waals surface area (Å²) in [6.45, 7) is 7.50. The van der Waals surface area contributed by atoms with Crippen molar-refractivity contribution in [2.45, 2.75) is 39.7 Å². The van der Waals surface area contributed by atoms with E-state index in [9.17, 15) is 9.59 Å². The van der Waals surface area contributed by atoms with Gasteiger partial charge in [-0.2, -0.15) is 0 Å². The van der Waals surface area contributed by atoms with E-state index >= 15 is 0 Å². The first-order valence-corrected chi connectivity index (χ1v) is 11.5. The van der Waals surface area contributed by atoms with E-state index in [-0.39, 0.29) is 24.2 Å². The molecule has 4 rings (SSSR count). The van der Waals surface area contributed by atoms with Crippen LogP contribution in [0.3, 0.4) is 0 Å². The highest BCUT2D eigenvalue weighted by atomic mass is 16.2. The van der Waals surface area contributed by atoms with Gasteiger partial charge in [0.1, 0.15) is 0 Å². The minimum absolute atomic E-state index is 0.0618. The van der Waals surface area contributed by atoms with E-state index < -0.39 is 0 Å². The number of nitrogens with one attached hydrogen (secondary N) is 3. The first-order valence-electron chi connectivity index (χ1n) is 11.5. The molecule has 8 heteroatoms. The Balaban J connectivity index is 1.25. The molecule has 32 heavy (non-hydrogen) atoms. The van der Waals surface area contributed by atoms with Crippen molar-refractivity contribution in [3.63, 3.8) is 0 Å². The minimum atomic E-state index is -0.270. The highest BCUT2D eigenvalue weighted by Crippen LogP contribution is 2.26. The summed E-state index contributed by atoms with van der Waals surface area (Å²) in [7, 11) is 0. The van der Waals surface area contributed by atoms with Crippen molar-refractivity contribution in [2.24, 2.45) is 17.8 Å². The van der Waals surface area contributed by atoms with Crippen molar-refractivity contribution in [3.05, 3.63) is 42.2 Å². The van der Waals surface area contributed by atoms with Crippen LogP contribution in [0.2, 0.25) is 0 Å². The van der Waals surface area contributed by atoms with Crippen LogP contribution >= 0.6 is 0 Å². The maximum absolute atomic E-state index is 12.1. The summed E-state index contributed by atoms with van der Waals surface area (Å²) in [4.78, 5) is 34.7. The normalized spacial score (nSPS) is 19.2. The van der Waals surface area contributed by atoms with Crippen LogP contribution in [0, 0.1) is 17.8 Å². The second-order valence-corrected chi connectivity index (χ2v) is 9.09. The number of hydrogen-bond donors (Lipinski definition) is 3. The van der Waals surface area contributed by atoms with E-state index in [0.29, 0.717) is 13.1 Å².